The first-order valence-corrected chi connectivity index (χ1v) is 9.38. The number of carbonyl (C=O) groups is 1. The number of non-ortho nitro benzene ring substituents is 1. The van der Waals surface area contributed by atoms with Gasteiger partial charge in [-0.25, -0.2) is 0 Å². The van der Waals surface area contributed by atoms with Gasteiger partial charge in [-0.15, -0.1) is 12.4 Å². The molecule has 0 unspecified atom stereocenters. The first kappa shape index (κ1) is 20.6. The van der Waals surface area contributed by atoms with Crippen LogP contribution in [0.25, 0.3) is 0 Å². The molecule has 3 rings (SSSR count). The van der Waals surface area contributed by atoms with Crippen molar-refractivity contribution in [3.63, 3.8) is 0 Å². The molecule has 1 amide bonds. The first-order chi connectivity index (χ1) is 12.1. The average Bonchev–Trinajstić information content (AvgIpc) is 2.67. The Morgan fingerprint density at radius 1 is 1.04 bits per heavy atom. The summed E-state index contributed by atoms with van der Waals surface area (Å²) in [5.41, 5.74) is 0.582. The van der Waals surface area contributed by atoms with Crippen molar-refractivity contribution in [2.24, 2.45) is 0 Å². The lowest BCUT2D eigenvalue weighted by molar-refractivity contribution is -0.384. The van der Waals surface area contributed by atoms with Crippen molar-refractivity contribution in [2.75, 3.05) is 19.6 Å². The molecule has 6 nitrogen and oxygen atoms in total. The zero-order valence-electron chi connectivity index (χ0n) is 15.1. The molecule has 2 aliphatic rings. The number of carbonyl (C=O) groups excluding carboxylic acids is 1. The number of rotatable bonds is 5. The molecule has 0 aromatic heterocycles. The van der Waals surface area contributed by atoms with Crippen molar-refractivity contribution in [3.05, 3.63) is 39.9 Å². The van der Waals surface area contributed by atoms with Crippen molar-refractivity contribution in [1.82, 2.24) is 10.2 Å². The molecule has 1 aromatic carbocycles. The fourth-order valence-corrected chi connectivity index (χ4v) is 4.26. The number of nitro groups is 1. The molecule has 1 saturated carbocycles. The number of amides is 1. The second kappa shape index (κ2) is 9.33. The molecule has 1 saturated heterocycles. The third-order valence-corrected chi connectivity index (χ3v) is 5.73. The van der Waals surface area contributed by atoms with E-state index in [0.717, 1.165) is 25.9 Å². The molecule has 2 fully saturated rings. The van der Waals surface area contributed by atoms with E-state index in [9.17, 15) is 14.9 Å². The highest BCUT2D eigenvalue weighted by Gasteiger charge is 2.38. The molecule has 1 aromatic rings. The Morgan fingerprint density at radius 3 is 2.19 bits per heavy atom. The van der Waals surface area contributed by atoms with Gasteiger partial charge in [0.15, 0.2) is 0 Å². The van der Waals surface area contributed by atoms with Crippen LogP contribution in [-0.2, 0) is 0 Å². The molecule has 7 heteroatoms. The molecule has 1 aliphatic carbocycles. The first-order valence-electron chi connectivity index (χ1n) is 9.38. The number of nitro benzene ring substituents is 1. The van der Waals surface area contributed by atoms with Gasteiger partial charge in [0.25, 0.3) is 11.6 Å². The Labute approximate surface area is 160 Å². The standard InChI is InChI=1S/C19H27N3O3.ClH/c23-18(16-7-9-17(10-8-16)22(24)25)20-15-19(11-3-1-4-12-19)21-13-5-2-6-14-21;/h7-10H,1-6,11-15H2,(H,20,23);1H. The Hall–Kier alpha value is -1.66. The number of piperidine rings is 1. The van der Waals surface area contributed by atoms with Gasteiger partial charge >= 0.3 is 0 Å². The molecule has 0 spiro atoms. The maximum absolute atomic E-state index is 12.5. The summed E-state index contributed by atoms with van der Waals surface area (Å²) in [5.74, 6) is -0.142. The molecule has 1 aliphatic heterocycles. The topological polar surface area (TPSA) is 75.5 Å². The second-order valence-corrected chi connectivity index (χ2v) is 7.32. The summed E-state index contributed by atoms with van der Waals surface area (Å²) >= 11 is 0. The Bertz CT molecular complexity index is 609. The van der Waals surface area contributed by atoms with Crippen LogP contribution in [-0.4, -0.2) is 40.9 Å². The highest BCUT2D eigenvalue weighted by atomic mass is 35.5. The van der Waals surface area contributed by atoms with Gasteiger partial charge in [-0.05, 0) is 50.9 Å². The van der Waals surface area contributed by atoms with Crippen LogP contribution in [0.2, 0.25) is 0 Å². The smallest absolute Gasteiger partial charge is 0.269 e. The third kappa shape index (κ3) is 4.74. The van der Waals surface area contributed by atoms with Gasteiger partial charge in [0.2, 0.25) is 0 Å². The van der Waals surface area contributed by atoms with Gasteiger partial charge in [-0.2, -0.15) is 0 Å². The van der Waals surface area contributed by atoms with Crippen LogP contribution in [0.1, 0.15) is 61.7 Å². The van der Waals surface area contributed by atoms with Crippen LogP contribution in [0, 0.1) is 10.1 Å². The van der Waals surface area contributed by atoms with E-state index in [-0.39, 0.29) is 29.5 Å². The lowest BCUT2D eigenvalue weighted by Crippen LogP contribution is -2.58. The molecule has 144 valence electrons. The monoisotopic (exact) mass is 381 g/mol. The normalized spacial score (nSPS) is 20.0. The minimum Gasteiger partial charge on any atom is -0.350 e. The number of nitrogens with one attached hydrogen (secondary N) is 1. The SMILES string of the molecule is Cl.O=C(NCC1(N2CCCCC2)CCCCC1)c1ccc([N+](=O)[O-])cc1. The zero-order chi connectivity index (χ0) is 17.7. The van der Waals surface area contributed by atoms with Gasteiger partial charge in [0, 0.05) is 29.8 Å². The zero-order valence-corrected chi connectivity index (χ0v) is 15.9. The predicted octanol–water partition coefficient (Wildman–Crippen LogP) is 3.94. The van der Waals surface area contributed by atoms with Gasteiger partial charge in [0.1, 0.15) is 0 Å². The van der Waals surface area contributed by atoms with E-state index >= 15 is 0 Å². The van der Waals surface area contributed by atoms with Crippen LogP contribution >= 0.6 is 12.4 Å². The predicted molar refractivity (Wildman–Crippen MR) is 104 cm³/mol. The highest BCUT2D eigenvalue weighted by molar-refractivity contribution is 5.94. The summed E-state index contributed by atoms with van der Waals surface area (Å²) < 4.78 is 0. The lowest BCUT2D eigenvalue weighted by atomic mass is 9.79. The largest absolute Gasteiger partial charge is 0.350 e. The van der Waals surface area contributed by atoms with Crippen LogP contribution in [0.4, 0.5) is 5.69 Å². The van der Waals surface area contributed by atoms with E-state index in [4.69, 9.17) is 0 Å². The molecule has 0 atom stereocenters. The Kier molecular flexibility index (Phi) is 7.41. The van der Waals surface area contributed by atoms with Crippen molar-refractivity contribution < 1.29 is 9.72 Å². The maximum Gasteiger partial charge on any atom is 0.269 e. The van der Waals surface area contributed by atoms with Crippen LogP contribution in [0.5, 0.6) is 0 Å². The highest BCUT2D eigenvalue weighted by Crippen LogP contribution is 2.35. The van der Waals surface area contributed by atoms with Gasteiger partial charge in [-0.1, -0.05) is 25.7 Å². The molecular weight excluding hydrogens is 354 g/mol. The minimum atomic E-state index is -0.449. The summed E-state index contributed by atoms with van der Waals surface area (Å²) in [7, 11) is 0. The van der Waals surface area contributed by atoms with E-state index in [0.29, 0.717) is 12.1 Å². The van der Waals surface area contributed by atoms with Gasteiger partial charge in [0.05, 0.1) is 4.92 Å². The van der Waals surface area contributed by atoms with Gasteiger partial charge < -0.3 is 5.32 Å². The molecule has 0 radical (unpaired) electrons. The van der Waals surface area contributed by atoms with Crippen LogP contribution in [0.15, 0.2) is 24.3 Å². The van der Waals surface area contributed by atoms with Crippen molar-refractivity contribution in [3.8, 4) is 0 Å². The molecule has 26 heavy (non-hydrogen) atoms. The van der Waals surface area contributed by atoms with Crippen molar-refractivity contribution in [1.29, 1.82) is 0 Å². The fraction of sp³-hybridized carbons (Fsp3) is 0.632. The number of likely N-dealkylation sites (tertiary alicyclic amines) is 1. The molecule has 0 bridgehead atoms. The Morgan fingerprint density at radius 2 is 1.62 bits per heavy atom. The number of benzene rings is 1. The summed E-state index contributed by atoms with van der Waals surface area (Å²) in [6, 6.07) is 5.83. The van der Waals surface area contributed by atoms with Crippen molar-refractivity contribution >= 4 is 24.0 Å². The number of nitrogens with zero attached hydrogens (tertiary/aromatic N) is 2. The summed E-state index contributed by atoms with van der Waals surface area (Å²) in [5, 5.41) is 13.8. The van der Waals surface area contributed by atoms with E-state index in [2.05, 4.69) is 10.2 Å². The fourth-order valence-electron chi connectivity index (χ4n) is 4.26. The summed E-state index contributed by atoms with van der Waals surface area (Å²) in [6.07, 6.45) is 9.83. The number of halogens is 1. The summed E-state index contributed by atoms with van der Waals surface area (Å²) in [6.45, 7) is 2.93. The van der Waals surface area contributed by atoms with E-state index in [1.807, 2.05) is 0 Å². The van der Waals surface area contributed by atoms with Crippen LogP contribution < -0.4 is 5.32 Å². The lowest BCUT2D eigenvalue weighted by Gasteiger charge is -2.48. The number of hydrogen-bond acceptors (Lipinski definition) is 4. The quantitative estimate of drug-likeness (QED) is 0.619. The maximum atomic E-state index is 12.5. The van der Waals surface area contributed by atoms with Gasteiger partial charge in [-0.3, -0.25) is 19.8 Å². The Balaban J connectivity index is 0.00000243. The van der Waals surface area contributed by atoms with E-state index in [1.54, 1.807) is 0 Å². The second-order valence-electron chi connectivity index (χ2n) is 7.32. The van der Waals surface area contributed by atoms with E-state index in [1.165, 1.54) is 62.8 Å². The van der Waals surface area contributed by atoms with E-state index < -0.39 is 4.92 Å². The van der Waals surface area contributed by atoms with Crippen molar-refractivity contribution in [2.45, 2.75) is 56.9 Å². The molecular formula is C19H28ClN3O3. The summed E-state index contributed by atoms with van der Waals surface area (Å²) in [4.78, 5) is 25.4. The molecule has 1 heterocycles. The minimum absolute atomic E-state index is 0. The third-order valence-electron chi connectivity index (χ3n) is 5.73. The molecule has 1 N–H and O–H groups in total. The van der Waals surface area contributed by atoms with Crippen LogP contribution in [0.3, 0.4) is 0 Å². The number of hydrogen-bond donors (Lipinski definition) is 1. The average molecular weight is 382 g/mol.